The molecule has 0 saturated carbocycles. The molecule has 1 spiro atoms. The molecule has 2 heterocycles. The topological polar surface area (TPSA) is 59.0 Å². The molecule has 1 N–H and O–H groups in total. The largest absolute Gasteiger partial charge is 0.497 e. The van der Waals surface area contributed by atoms with Gasteiger partial charge in [-0.3, -0.25) is 4.79 Å². The summed E-state index contributed by atoms with van der Waals surface area (Å²) in [4.78, 5) is 14.4. The number of rotatable bonds is 3. The highest BCUT2D eigenvalue weighted by atomic mass is 16.5. The van der Waals surface area contributed by atoms with Gasteiger partial charge in [0.1, 0.15) is 5.75 Å². The maximum atomic E-state index is 12.5. The van der Waals surface area contributed by atoms with E-state index in [1.165, 1.54) is 0 Å². The molecular formula is C18H25NO4. The Kier molecular flexibility index (Phi) is 4.87. The van der Waals surface area contributed by atoms with Crippen molar-refractivity contribution in [1.82, 2.24) is 4.90 Å². The highest BCUT2D eigenvalue weighted by molar-refractivity contribution is 5.79. The number of aliphatic hydroxyl groups is 1. The minimum Gasteiger partial charge on any atom is -0.497 e. The fourth-order valence-corrected chi connectivity index (χ4v) is 3.54. The van der Waals surface area contributed by atoms with Crippen LogP contribution < -0.4 is 4.74 Å². The first kappa shape index (κ1) is 16.3. The van der Waals surface area contributed by atoms with Crippen LogP contribution in [0.3, 0.4) is 0 Å². The molecule has 0 aromatic heterocycles. The summed E-state index contributed by atoms with van der Waals surface area (Å²) in [6, 6.07) is 7.63. The van der Waals surface area contributed by atoms with Crippen molar-refractivity contribution in [3.8, 4) is 5.75 Å². The van der Waals surface area contributed by atoms with Gasteiger partial charge in [-0.1, -0.05) is 12.1 Å². The Morgan fingerprint density at radius 3 is 2.65 bits per heavy atom. The number of likely N-dealkylation sites (tertiary alicyclic amines) is 1. The van der Waals surface area contributed by atoms with Crippen LogP contribution >= 0.6 is 0 Å². The number of hydrogen-bond acceptors (Lipinski definition) is 4. The van der Waals surface area contributed by atoms with Crippen molar-refractivity contribution < 1.29 is 19.4 Å². The summed E-state index contributed by atoms with van der Waals surface area (Å²) in [6.07, 6.45) is 3.22. The molecule has 126 valence electrons. The predicted molar refractivity (Wildman–Crippen MR) is 86.4 cm³/mol. The Balaban J connectivity index is 1.53. The molecule has 1 unspecified atom stereocenters. The van der Waals surface area contributed by atoms with Gasteiger partial charge in [-0.15, -0.1) is 0 Å². The minimum absolute atomic E-state index is 0.154. The third kappa shape index (κ3) is 3.85. The van der Waals surface area contributed by atoms with Gasteiger partial charge in [0.2, 0.25) is 5.91 Å². The summed E-state index contributed by atoms with van der Waals surface area (Å²) < 4.78 is 11.1. The van der Waals surface area contributed by atoms with Gasteiger partial charge in [-0.05, 0) is 37.0 Å². The first-order valence-corrected chi connectivity index (χ1v) is 8.33. The minimum atomic E-state index is -0.259. The Morgan fingerprint density at radius 1 is 1.35 bits per heavy atom. The Bertz CT molecular complexity index is 534. The van der Waals surface area contributed by atoms with Gasteiger partial charge in [0.15, 0.2) is 0 Å². The summed E-state index contributed by atoms with van der Waals surface area (Å²) in [5.41, 5.74) is 0.787. The highest BCUT2D eigenvalue weighted by Crippen LogP contribution is 2.35. The van der Waals surface area contributed by atoms with Crippen LogP contribution in [0.2, 0.25) is 0 Å². The molecule has 2 saturated heterocycles. The van der Waals surface area contributed by atoms with Crippen molar-refractivity contribution in [2.24, 2.45) is 0 Å². The van der Waals surface area contributed by atoms with Crippen LogP contribution in [-0.2, 0) is 16.0 Å². The lowest BCUT2D eigenvalue weighted by molar-refractivity contribution is -0.153. The van der Waals surface area contributed by atoms with E-state index in [0.717, 1.165) is 30.6 Å². The zero-order valence-electron chi connectivity index (χ0n) is 13.7. The molecule has 5 heteroatoms. The molecule has 1 atom stereocenters. The fourth-order valence-electron chi connectivity index (χ4n) is 3.54. The molecule has 1 aromatic rings. The zero-order chi connectivity index (χ0) is 16.3. The van der Waals surface area contributed by atoms with Crippen LogP contribution in [0.5, 0.6) is 5.75 Å². The molecule has 1 amide bonds. The van der Waals surface area contributed by atoms with Crippen molar-refractivity contribution in [2.45, 2.75) is 43.8 Å². The van der Waals surface area contributed by atoms with E-state index in [0.29, 0.717) is 32.5 Å². The van der Waals surface area contributed by atoms with Crippen LogP contribution in [0, 0.1) is 0 Å². The van der Waals surface area contributed by atoms with Gasteiger partial charge in [-0.2, -0.15) is 0 Å². The Hall–Kier alpha value is -1.59. The number of carbonyl (C=O) groups excluding carboxylic acids is 1. The maximum Gasteiger partial charge on any atom is 0.226 e. The molecule has 5 nitrogen and oxygen atoms in total. The third-order valence-corrected chi connectivity index (χ3v) is 5.01. The van der Waals surface area contributed by atoms with E-state index >= 15 is 0 Å². The van der Waals surface area contributed by atoms with Crippen LogP contribution in [0.15, 0.2) is 24.3 Å². The standard InChI is InChI=1S/C18H25NO4/c1-22-16-4-2-14(3-5-16)12-17(21)19-9-7-18(8-10-19)13-15(20)6-11-23-18/h2-5,15,20H,6-13H2,1H3. The number of carbonyl (C=O) groups is 1. The van der Waals surface area contributed by atoms with Crippen molar-refractivity contribution in [2.75, 3.05) is 26.8 Å². The third-order valence-electron chi connectivity index (χ3n) is 5.01. The molecule has 0 radical (unpaired) electrons. The van der Waals surface area contributed by atoms with E-state index in [1.54, 1.807) is 7.11 Å². The lowest BCUT2D eigenvalue weighted by Gasteiger charge is -2.45. The molecular weight excluding hydrogens is 294 g/mol. The molecule has 2 fully saturated rings. The quantitative estimate of drug-likeness (QED) is 0.922. The van der Waals surface area contributed by atoms with Crippen LogP contribution in [-0.4, -0.2) is 54.4 Å². The van der Waals surface area contributed by atoms with E-state index in [4.69, 9.17) is 9.47 Å². The number of amides is 1. The molecule has 23 heavy (non-hydrogen) atoms. The molecule has 0 bridgehead atoms. The van der Waals surface area contributed by atoms with E-state index in [9.17, 15) is 9.90 Å². The first-order chi connectivity index (χ1) is 11.1. The van der Waals surface area contributed by atoms with Crippen LogP contribution in [0.1, 0.15) is 31.2 Å². The number of benzene rings is 1. The van der Waals surface area contributed by atoms with Gasteiger partial charge < -0.3 is 19.5 Å². The van der Waals surface area contributed by atoms with Crippen LogP contribution in [0.4, 0.5) is 0 Å². The molecule has 2 aliphatic heterocycles. The van der Waals surface area contributed by atoms with Crippen molar-refractivity contribution in [3.63, 3.8) is 0 Å². The van der Waals surface area contributed by atoms with Gasteiger partial charge >= 0.3 is 0 Å². The van der Waals surface area contributed by atoms with E-state index in [1.807, 2.05) is 29.2 Å². The second-order valence-corrected chi connectivity index (χ2v) is 6.58. The Morgan fingerprint density at radius 2 is 2.04 bits per heavy atom. The Labute approximate surface area is 137 Å². The second-order valence-electron chi connectivity index (χ2n) is 6.58. The first-order valence-electron chi connectivity index (χ1n) is 8.33. The zero-order valence-corrected chi connectivity index (χ0v) is 13.7. The lowest BCUT2D eigenvalue weighted by Crippen LogP contribution is -2.51. The summed E-state index contributed by atoms with van der Waals surface area (Å²) in [5.74, 6) is 0.954. The SMILES string of the molecule is COc1ccc(CC(=O)N2CCC3(CC2)CC(O)CCO3)cc1. The maximum absolute atomic E-state index is 12.5. The van der Waals surface area contributed by atoms with Crippen molar-refractivity contribution in [3.05, 3.63) is 29.8 Å². The average Bonchev–Trinajstić information content (AvgIpc) is 2.56. The smallest absolute Gasteiger partial charge is 0.226 e. The summed E-state index contributed by atoms with van der Waals surface area (Å²) >= 11 is 0. The lowest BCUT2D eigenvalue weighted by atomic mass is 9.83. The second kappa shape index (κ2) is 6.89. The summed E-state index contributed by atoms with van der Waals surface area (Å²) in [5, 5.41) is 9.87. The number of methoxy groups -OCH3 is 1. The van der Waals surface area contributed by atoms with Gasteiger partial charge in [-0.25, -0.2) is 0 Å². The van der Waals surface area contributed by atoms with Gasteiger partial charge in [0.05, 0.1) is 25.2 Å². The predicted octanol–water partition coefficient (Wildman–Crippen LogP) is 1.77. The average molecular weight is 319 g/mol. The van der Waals surface area contributed by atoms with Crippen LogP contribution in [0.25, 0.3) is 0 Å². The molecule has 3 rings (SSSR count). The number of ether oxygens (including phenoxy) is 2. The highest BCUT2D eigenvalue weighted by Gasteiger charge is 2.40. The molecule has 1 aromatic carbocycles. The molecule has 2 aliphatic rings. The number of piperidine rings is 1. The number of aliphatic hydroxyl groups excluding tert-OH is 1. The van der Waals surface area contributed by atoms with Crippen molar-refractivity contribution >= 4 is 5.91 Å². The fraction of sp³-hybridized carbons (Fsp3) is 0.611. The molecule has 0 aliphatic carbocycles. The summed E-state index contributed by atoms with van der Waals surface area (Å²) in [7, 11) is 1.63. The van der Waals surface area contributed by atoms with E-state index in [-0.39, 0.29) is 17.6 Å². The normalized spacial score (nSPS) is 23.7. The van der Waals surface area contributed by atoms with Gasteiger partial charge in [0, 0.05) is 26.1 Å². The van der Waals surface area contributed by atoms with Crippen molar-refractivity contribution in [1.29, 1.82) is 0 Å². The number of hydrogen-bond donors (Lipinski definition) is 1. The van der Waals surface area contributed by atoms with Gasteiger partial charge in [0.25, 0.3) is 0 Å². The van der Waals surface area contributed by atoms with E-state index in [2.05, 4.69) is 0 Å². The number of nitrogens with zero attached hydrogens (tertiary/aromatic N) is 1. The monoisotopic (exact) mass is 319 g/mol. The van der Waals surface area contributed by atoms with E-state index < -0.39 is 0 Å². The summed E-state index contributed by atoms with van der Waals surface area (Å²) in [6.45, 7) is 2.05.